The molecule has 1 aromatic heterocycles. The average Bonchev–Trinajstić information content (AvgIpc) is 2.72. The van der Waals surface area contributed by atoms with Crippen molar-refractivity contribution in [3.8, 4) is 5.75 Å². The quantitative estimate of drug-likeness (QED) is 0.146. The summed E-state index contributed by atoms with van der Waals surface area (Å²) in [6, 6.07) is 1.21. The maximum atomic E-state index is 12.5. The summed E-state index contributed by atoms with van der Waals surface area (Å²) in [6.45, 7) is 3.08. The van der Waals surface area contributed by atoms with Gasteiger partial charge in [0.05, 0.1) is 7.11 Å². The third-order valence-corrected chi connectivity index (χ3v) is 4.59. The number of allylic oxidation sites excluding steroid dienone is 4. The molecular weight excluding hydrogens is 443 g/mol. The first-order chi connectivity index (χ1) is 15.4. The molecule has 1 amide bonds. The molecule has 0 saturated carbocycles. The molecule has 182 valence electrons. The van der Waals surface area contributed by atoms with E-state index in [0.717, 1.165) is 0 Å². The summed E-state index contributed by atoms with van der Waals surface area (Å²) >= 11 is 0. The number of carbonyl (C=O) groups is 2. The van der Waals surface area contributed by atoms with Crippen molar-refractivity contribution in [1.82, 2.24) is 0 Å². The number of ether oxygens (including phenoxy) is 1. The number of carbonyl (C=O) groups excluding carboxylic acids is 2. The van der Waals surface area contributed by atoms with Gasteiger partial charge in [-0.05, 0) is 51.5 Å². The summed E-state index contributed by atoms with van der Waals surface area (Å²) in [7, 11) is 1.22. The number of rotatable bonds is 11. The SMILES string of the molecule is COC(=O)N=CCCCCc1cc(O)c(C(=O)C(C)=CC=C(C)CCCC(F)(F)F)c(=O)o1. The Morgan fingerprint density at radius 3 is 2.48 bits per heavy atom. The van der Waals surface area contributed by atoms with Gasteiger partial charge in [0.25, 0.3) is 0 Å². The molecule has 0 unspecified atom stereocenters. The molecule has 0 saturated heterocycles. The molecule has 7 nitrogen and oxygen atoms in total. The van der Waals surface area contributed by atoms with Crippen LogP contribution < -0.4 is 5.63 Å². The first-order valence-corrected chi connectivity index (χ1v) is 10.4. The van der Waals surface area contributed by atoms with Crippen LogP contribution in [0, 0.1) is 0 Å². The summed E-state index contributed by atoms with van der Waals surface area (Å²) in [5.41, 5.74) is -0.693. The molecule has 1 N–H and O–H groups in total. The minimum Gasteiger partial charge on any atom is -0.507 e. The summed E-state index contributed by atoms with van der Waals surface area (Å²) in [5.74, 6) is -1.02. The van der Waals surface area contributed by atoms with E-state index in [1.165, 1.54) is 38.5 Å². The molecule has 0 aromatic carbocycles. The second-order valence-electron chi connectivity index (χ2n) is 7.45. The molecule has 0 spiro atoms. The van der Waals surface area contributed by atoms with Crippen LogP contribution in [0.25, 0.3) is 0 Å². The van der Waals surface area contributed by atoms with Crippen molar-refractivity contribution in [3.05, 3.63) is 51.1 Å². The highest BCUT2D eigenvalue weighted by atomic mass is 19.4. The Hall–Kier alpha value is -3.17. The number of nitrogens with zero attached hydrogens (tertiary/aromatic N) is 1. The Morgan fingerprint density at radius 1 is 1.18 bits per heavy atom. The Bertz CT molecular complexity index is 973. The zero-order valence-electron chi connectivity index (χ0n) is 18.8. The van der Waals surface area contributed by atoms with Gasteiger partial charge in [0, 0.05) is 25.1 Å². The van der Waals surface area contributed by atoms with Gasteiger partial charge < -0.3 is 14.3 Å². The number of methoxy groups -OCH3 is 1. The fourth-order valence-corrected chi connectivity index (χ4v) is 2.78. The Balaban J connectivity index is 2.73. The van der Waals surface area contributed by atoms with Crippen LogP contribution in [0.1, 0.15) is 68.5 Å². The van der Waals surface area contributed by atoms with Gasteiger partial charge in [-0.25, -0.2) is 9.59 Å². The number of aromatic hydroxyl groups is 1. The number of halogens is 3. The normalized spacial score (nSPS) is 12.9. The van der Waals surface area contributed by atoms with Crippen LogP contribution in [0.2, 0.25) is 0 Å². The summed E-state index contributed by atoms with van der Waals surface area (Å²) in [6.07, 6.45) is 0.764. The van der Waals surface area contributed by atoms with Crippen LogP contribution in [-0.4, -0.2) is 36.5 Å². The van der Waals surface area contributed by atoms with E-state index in [1.807, 2.05) is 0 Å². The molecule has 1 heterocycles. The second kappa shape index (κ2) is 13.4. The molecule has 0 aliphatic heterocycles. The number of Topliss-reactive ketones (excluding diaryl/α,β-unsaturated/α-hetero) is 1. The summed E-state index contributed by atoms with van der Waals surface area (Å²) in [5, 5.41) is 10.2. The molecule has 0 aliphatic rings. The van der Waals surface area contributed by atoms with E-state index in [4.69, 9.17) is 4.42 Å². The van der Waals surface area contributed by atoms with Gasteiger partial charge in [-0.2, -0.15) is 18.2 Å². The second-order valence-corrected chi connectivity index (χ2v) is 7.45. The van der Waals surface area contributed by atoms with Crippen LogP contribution in [0.5, 0.6) is 5.75 Å². The van der Waals surface area contributed by atoms with E-state index in [2.05, 4.69) is 9.73 Å². The highest BCUT2D eigenvalue weighted by Crippen LogP contribution is 2.24. The highest BCUT2D eigenvalue weighted by molar-refractivity contribution is 6.09. The van der Waals surface area contributed by atoms with E-state index < -0.39 is 41.4 Å². The maximum absolute atomic E-state index is 12.5. The van der Waals surface area contributed by atoms with Crippen molar-refractivity contribution in [2.45, 2.75) is 65.0 Å². The number of hydrogen-bond acceptors (Lipinski definition) is 6. The largest absolute Gasteiger partial charge is 0.507 e. The lowest BCUT2D eigenvalue weighted by Crippen LogP contribution is -2.16. The maximum Gasteiger partial charge on any atom is 0.432 e. The zero-order valence-corrected chi connectivity index (χ0v) is 18.8. The van der Waals surface area contributed by atoms with Crippen LogP contribution >= 0.6 is 0 Å². The Kier molecular flexibility index (Phi) is 11.3. The first-order valence-electron chi connectivity index (χ1n) is 10.4. The van der Waals surface area contributed by atoms with Crippen LogP contribution in [0.15, 0.2) is 43.6 Å². The van der Waals surface area contributed by atoms with Gasteiger partial charge >= 0.3 is 17.9 Å². The molecule has 0 radical (unpaired) electrons. The lowest BCUT2D eigenvalue weighted by molar-refractivity contribution is -0.135. The van der Waals surface area contributed by atoms with Gasteiger partial charge in [-0.3, -0.25) is 4.79 Å². The topological polar surface area (TPSA) is 106 Å². The third-order valence-electron chi connectivity index (χ3n) is 4.59. The lowest BCUT2D eigenvalue weighted by Gasteiger charge is -2.06. The van der Waals surface area contributed by atoms with Crippen molar-refractivity contribution < 1.29 is 37.0 Å². The summed E-state index contributed by atoms with van der Waals surface area (Å²) in [4.78, 5) is 39.2. The van der Waals surface area contributed by atoms with Crippen molar-refractivity contribution in [2.24, 2.45) is 4.99 Å². The van der Waals surface area contributed by atoms with Crippen LogP contribution in [0.3, 0.4) is 0 Å². The molecular formula is C23H28F3NO6. The molecule has 10 heteroatoms. The number of aliphatic imine (C=N–C) groups is 1. The van der Waals surface area contributed by atoms with Gasteiger partial charge in [0.2, 0.25) is 0 Å². The van der Waals surface area contributed by atoms with E-state index >= 15 is 0 Å². The number of amides is 1. The number of alkyl halides is 3. The highest BCUT2D eigenvalue weighted by Gasteiger charge is 2.26. The van der Waals surface area contributed by atoms with Crippen LogP contribution in [-0.2, 0) is 11.2 Å². The van der Waals surface area contributed by atoms with E-state index in [0.29, 0.717) is 31.3 Å². The lowest BCUT2D eigenvalue weighted by atomic mass is 10.0. The molecule has 0 fully saturated rings. The standard InChI is InChI=1S/C23H28F3NO6/c1-15(8-7-12-23(24,25)26)10-11-16(2)20(29)19-18(28)14-17(33-21(19)30)9-5-4-6-13-27-22(31)32-3/h10-11,13-14,28H,4-9,12H2,1-3H3. The molecule has 0 bridgehead atoms. The molecule has 1 rings (SSSR count). The Labute approximate surface area is 189 Å². The molecule has 0 atom stereocenters. The van der Waals surface area contributed by atoms with Crippen molar-refractivity contribution in [1.29, 1.82) is 0 Å². The van der Waals surface area contributed by atoms with Crippen molar-refractivity contribution in [3.63, 3.8) is 0 Å². The minimum atomic E-state index is -4.21. The smallest absolute Gasteiger partial charge is 0.432 e. The fraction of sp³-hybridized carbons (Fsp3) is 0.478. The number of ketones is 1. The Morgan fingerprint density at radius 2 is 1.88 bits per heavy atom. The zero-order chi connectivity index (χ0) is 25.0. The van der Waals surface area contributed by atoms with Crippen LogP contribution in [0.4, 0.5) is 18.0 Å². The predicted octanol–water partition coefficient (Wildman–Crippen LogP) is 5.70. The number of hydrogen-bond donors (Lipinski definition) is 1. The predicted molar refractivity (Wildman–Crippen MR) is 117 cm³/mol. The van der Waals surface area contributed by atoms with Gasteiger partial charge in [0.1, 0.15) is 17.1 Å². The van der Waals surface area contributed by atoms with Crippen molar-refractivity contribution >= 4 is 18.1 Å². The van der Waals surface area contributed by atoms with E-state index in [-0.39, 0.29) is 24.2 Å². The van der Waals surface area contributed by atoms with Gasteiger partial charge in [-0.15, -0.1) is 0 Å². The molecule has 0 aliphatic carbocycles. The monoisotopic (exact) mass is 471 g/mol. The van der Waals surface area contributed by atoms with E-state index in [9.17, 15) is 32.7 Å². The summed E-state index contributed by atoms with van der Waals surface area (Å²) < 4.78 is 46.2. The van der Waals surface area contributed by atoms with Gasteiger partial charge in [-0.1, -0.05) is 17.7 Å². The molecule has 33 heavy (non-hydrogen) atoms. The molecule has 1 aromatic rings. The first kappa shape index (κ1) is 27.9. The third kappa shape index (κ3) is 10.8. The fourth-order valence-electron chi connectivity index (χ4n) is 2.78. The van der Waals surface area contributed by atoms with Gasteiger partial charge in [0.15, 0.2) is 5.78 Å². The average molecular weight is 471 g/mol. The number of aryl methyl sites for hydroxylation is 1. The van der Waals surface area contributed by atoms with E-state index in [1.54, 1.807) is 6.92 Å². The minimum absolute atomic E-state index is 0.0589. The number of unbranched alkanes of at least 4 members (excludes halogenated alkanes) is 2. The van der Waals surface area contributed by atoms with Crippen molar-refractivity contribution in [2.75, 3.05) is 7.11 Å².